The predicted molar refractivity (Wildman–Crippen MR) is 123 cm³/mol. The van der Waals surface area contributed by atoms with E-state index in [1.807, 2.05) is 13.8 Å². The quantitative estimate of drug-likeness (QED) is 0.375. The Morgan fingerprint density at radius 2 is 1.84 bits per heavy atom. The Labute approximate surface area is 213 Å². The molecule has 3 aliphatic rings. The minimum atomic E-state index is -5.14. The molecule has 0 spiro atoms. The topological polar surface area (TPSA) is 134 Å². The first-order chi connectivity index (χ1) is 17.1. The van der Waals surface area contributed by atoms with Crippen molar-refractivity contribution in [1.29, 1.82) is 0 Å². The predicted octanol–water partition coefficient (Wildman–Crippen LogP) is 0.747. The number of alkyl halides is 3. The van der Waals surface area contributed by atoms with Gasteiger partial charge >= 0.3 is 18.1 Å². The maximum atomic E-state index is 13.4. The van der Waals surface area contributed by atoms with Gasteiger partial charge in [0.05, 0.1) is 7.11 Å². The molecule has 1 aliphatic carbocycles. The highest BCUT2D eigenvalue weighted by Crippen LogP contribution is 2.65. The summed E-state index contributed by atoms with van der Waals surface area (Å²) in [5.74, 6) is -5.42. The molecule has 0 aromatic carbocycles. The Kier molecular flexibility index (Phi) is 8.13. The number of halogens is 3. The summed E-state index contributed by atoms with van der Waals surface area (Å²) in [6, 6.07) is -3.09. The summed E-state index contributed by atoms with van der Waals surface area (Å²) in [4.78, 5) is 63.6. The standard InChI is InChI=1S/C24H35F3N4O6/c1-11(2)18(30-22(36)24(25,26)27)20(34)31-10-13-17(23(13,3)4)15(31)9-16(32)29-14(21(35)37-5)8-12-6-7-28-19(12)33/h11-15,17-18H,6-10H2,1-5H3,(H,28,33)(H,29,32)(H,30,36)/t12-,13-,14-,15+,17-,18-/m0/s1. The molecule has 3 rings (SSSR count). The van der Waals surface area contributed by atoms with Crippen molar-refractivity contribution in [2.24, 2.45) is 29.1 Å². The summed E-state index contributed by atoms with van der Waals surface area (Å²) >= 11 is 0. The minimum absolute atomic E-state index is 0.0546. The highest BCUT2D eigenvalue weighted by Gasteiger charge is 2.68. The first-order valence-electron chi connectivity index (χ1n) is 12.4. The van der Waals surface area contributed by atoms with Crippen LogP contribution in [0.3, 0.4) is 0 Å². The maximum Gasteiger partial charge on any atom is 0.471 e. The van der Waals surface area contributed by atoms with Gasteiger partial charge in [0.1, 0.15) is 12.1 Å². The number of fused-ring (bicyclic) bond motifs is 1. The number of piperidine rings is 1. The van der Waals surface area contributed by atoms with Gasteiger partial charge in [-0.25, -0.2) is 4.79 Å². The summed E-state index contributed by atoms with van der Waals surface area (Å²) in [7, 11) is 1.17. The fraction of sp³-hybridized carbons (Fsp3) is 0.792. The van der Waals surface area contributed by atoms with Crippen LogP contribution in [-0.4, -0.2) is 79.0 Å². The fourth-order valence-electron chi connectivity index (χ4n) is 5.80. The zero-order valence-electron chi connectivity index (χ0n) is 21.6. The van der Waals surface area contributed by atoms with E-state index in [1.54, 1.807) is 5.32 Å². The average Bonchev–Trinajstić information content (AvgIpc) is 3.11. The Morgan fingerprint density at radius 1 is 1.19 bits per heavy atom. The molecular formula is C24H35F3N4O6. The van der Waals surface area contributed by atoms with Crippen molar-refractivity contribution >= 4 is 29.6 Å². The number of nitrogens with one attached hydrogen (secondary N) is 3. The molecule has 2 saturated heterocycles. The lowest BCUT2D eigenvalue weighted by Gasteiger charge is -2.35. The zero-order chi connectivity index (χ0) is 27.9. The number of likely N-dealkylation sites (tertiary alicyclic amines) is 1. The summed E-state index contributed by atoms with van der Waals surface area (Å²) in [6.45, 7) is 7.78. The van der Waals surface area contributed by atoms with Gasteiger partial charge in [-0.2, -0.15) is 13.2 Å². The molecule has 0 aromatic heterocycles. The second-order valence-corrected chi connectivity index (χ2v) is 11.1. The van der Waals surface area contributed by atoms with Crippen LogP contribution >= 0.6 is 0 Å². The van der Waals surface area contributed by atoms with Crippen molar-refractivity contribution in [1.82, 2.24) is 20.9 Å². The van der Waals surface area contributed by atoms with Crippen LogP contribution in [0.5, 0.6) is 0 Å². The van der Waals surface area contributed by atoms with Gasteiger partial charge in [-0.3, -0.25) is 19.2 Å². The zero-order valence-corrected chi connectivity index (χ0v) is 21.6. The Bertz CT molecular complexity index is 953. The van der Waals surface area contributed by atoms with Crippen molar-refractivity contribution in [3.8, 4) is 0 Å². The van der Waals surface area contributed by atoms with Crippen LogP contribution in [0.4, 0.5) is 13.2 Å². The number of esters is 1. The summed E-state index contributed by atoms with van der Waals surface area (Å²) in [6.07, 6.45) is -4.74. The molecule has 10 nitrogen and oxygen atoms in total. The van der Waals surface area contributed by atoms with Gasteiger partial charge in [0.2, 0.25) is 17.7 Å². The minimum Gasteiger partial charge on any atom is -0.467 e. The van der Waals surface area contributed by atoms with Crippen LogP contribution in [0.15, 0.2) is 0 Å². The lowest BCUT2D eigenvalue weighted by atomic mass is 9.95. The second kappa shape index (κ2) is 10.5. The van der Waals surface area contributed by atoms with Gasteiger partial charge < -0.3 is 25.6 Å². The monoisotopic (exact) mass is 532 g/mol. The van der Waals surface area contributed by atoms with Crippen molar-refractivity contribution in [2.75, 3.05) is 20.2 Å². The molecule has 3 N–H and O–H groups in total. The summed E-state index contributed by atoms with van der Waals surface area (Å²) in [5, 5.41) is 7.10. The van der Waals surface area contributed by atoms with Crippen molar-refractivity contribution in [3.05, 3.63) is 0 Å². The van der Waals surface area contributed by atoms with Gasteiger partial charge in [0.15, 0.2) is 0 Å². The summed E-state index contributed by atoms with van der Waals surface area (Å²) < 4.78 is 43.4. The molecule has 208 valence electrons. The van der Waals surface area contributed by atoms with Crippen LogP contribution < -0.4 is 16.0 Å². The van der Waals surface area contributed by atoms with Gasteiger partial charge in [0, 0.05) is 31.5 Å². The fourth-order valence-corrected chi connectivity index (χ4v) is 5.80. The first kappa shape index (κ1) is 28.7. The highest BCUT2D eigenvalue weighted by molar-refractivity contribution is 5.91. The van der Waals surface area contributed by atoms with E-state index in [-0.39, 0.29) is 42.5 Å². The molecule has 2 aliphatic heterocycles. The van der Waals surface area contributed by atoms with Gasteiger partial charge in [-0.1, -0.05) is 27.7 Å². The molecule has 4 amide bonds. The number of methoxy groups -OCH3 is 1. The van der Waals surface area contributed by atoms with E-state index in [2.05, 4.69) is 10.6 Å². The molecule has 6 atom stereocenters. The number of rotatable bonds is 9. The molecule has 1 saturated carbocycles. The molecule has 2 heterocycles. The molecule has 0 radical (unpaired) electrons. The molecule has 0 aromatic rings. The van der Waals surface area contributed by atoms with E-state index < -0.39 is 59.8 Å². The highest BCUT2D eigenvalue weighted by atomic mass is 19.4. The molecule has 3 fully saturated rings. The number of carbonyl (C=O) groups excluding carboxylic acids is 5. The number of hydrogen-bond donors (Lipinski definition) is 3. The largest absolute Gasteiger partial charge is 0.471 e. The van der Waals surface area contributed by atoms with Crippen LogP contribution in [0, 0.1) is 29.1 Å². The van der Waals surface area contributed by atoms with E-state index in [0.717, 1.165) is 0 Å². The van der Waals surface area contributed by atoms with Crippen LogP contribution in [0.2, 0.25) is 0 Å². The molecule has 0 unspecified atom stereocenters. The van der Waals surface area contributed by atoms with E-state index in [0.29, 0.717) is 13.0 Å². The van der Waals surface area contributed by atoms with E-state index in [4.69, 9.17) is 4.74 Å². The number of carbonyl (C=O) groups is 5. The van der Waals surface area contributed by atoms with Crippen LogP contribution in [-0.2, 0) is 28.7 Å². The Hall–Kier alpha value is -2.86. The summed E-state index contributed by atoms with van der Waals surface area (Å²) in [5.41, 5.74) is -0.173. The Morgan fingerprint density at radius 3 is 2.35 bits per heavy atom. The van der Waals surface area contributed by atoms with Crippen LogP contribution in [0.1, 0.15) is 47.0 Å². The number of nitrogens with zero attached hydrogens (tertiary/aromatic N) is 1. The normalized spacial score (nSPS) is 27.7. The first-order valence-corrected chi connectivity index (χ1v) is 12.4. The molecule has 37 heavy (non-hydrogen) atoms. The van der Waals surface area contributed by atoms with Gasteiger partial charge in [0.25, 0.3) is 0 Å². The molecule has 13 heteroatoms. The lowest BCUT2D eigenvalue weighted by Crippen LogP contribution is -2.56. The van der Waals surface area contributed by atoms with Crippen molar-refractivity contribution in [3.63, 3.8) is 0 Å². The lowest BCUT2D eigenvalue weighted by molar-refractivity contribution is -0.175. The van der Waals surface area contributed by atoms with E-state index >= 15 is 0 Å². The van der Waals surface area contributed by atoms with Gasteiger partial charge in [-0.15, -0.1) is 0 Å². The molecular weight excluding hydrogens is 497 g/mol. The molecule has 0 bridgehead atoms. The third-order valence-corrected chi connectivity index (χ3v) is 8.01. The van der Waals surface area contributed by atoms with Crippen LogP contribution in [0.25, 0.3) is 0 Å². The van der Waals surface area contributed by atoms with E-state index in [9.17, 15) is 37.1 Å². The third kappa shape index (κ3) is 6.01. The van der Waals surface area contributed by atoms with Gasteiger partial charge in [-0.05, 0) is 36.0 Å². The number of amides is 4. The average molecular weight is 533 g/mol. The van der Waals surface area contributed by atoms with E-state index in [1.165, 1.54) is 25.9 Å². The third-order valence-electron chi connectivity index (χ3n) is 8.01. The van der Waals surface area contributed by atoms with Crippen molar-refractivity contribution in [2.45, 2.75) is 71.3 Å². The SMILES string of the molecule is COC(=O)[C@H](C[C@@H]1CCNC1=O)NC(=O)C[C@@H]1[C@@H]2[C@H](CN1C(=O)[C@@H](NC(=O)C(F)(F)F)C(C)C)C2(C)C. The van der Waals surface area contributed by atoms with Crippen molar-refractivity contribution < 1.29 is 41.9 Å². The smallest absolute Gasteiger partial charge is 0.467 e. The Balaban J connectivity index is 1.74. The second-order valence-electron chi connectivity index (χ2n) is 11.1. The number of ether oxygens (including phenoxy) is 1. The number of hydrogen-bond acceptors (Lipinski definition) is 6. The maximum absolute atomic E-state index is 13.4.